The van der Waals surface area contributed by atoms with Gasteiger partial charge in [-0.3, -0.25) is 9.59 Å². The van der Waals surface area contributed by atoms with Gasteiger partial charge in [0, 0.05) is 45.2 Å². The highest BCUT2D eigenvalue weighted by molar-refractivity contribution is 6.30. The topological polar surface area (TPSA) is 79.3 Å². The number of carboxylic acids is 1. The lowest BCUT2D eigenvalue weighted by Crippen LogP contribution is -2.44. The van der Waals surface area contributed by atoms with Crippen molar-refractivity contribution >= 4 is 29.2 Å². The summed E-state index contributed by atoms with van der Waals surface area (Å²) >= 11 is 6.33. The Morgan fingerprint density at radius 2 is 1.95 bits per heavy atom. The zero-order chi connectivity index (χ0) is 28.9. The molecule has 1 aliphatic carbocycles. The number of anilines is 1. The van der Waals surface area contributed by atoms with Crippen LogP contribution in [0.15, 0.2) is 48.6 Å². The Kier molecular flexibility index (Phi) is 9.56. The lowest BCUT2D eigenvalue weighted by molar-refractivity contribution is -0.142. The zero-order valence-corrected chi connectivity index (χ0v) is 24.8. The van der Waals surface area contributed by atoms with Crippen LogP contribution in [0.2, 0.25) is 5.02 Å². The Morgan fingerprint density at radius 1 is 1.10 bits per heavy atom. The standard InChI is InChI=1S/C33H41ClN2O5/c1-35-15-5-4-8-30(40-2)27-13-10-24(27)20-36-16-6-3-7-22-17-26(34)12-9-25(22)21-41-31-14-11-23(18-29(31)36)28(33(38)39)19-32(35)37/h4,8-9,11-12,14,17-18,24,27-28,30H,3,5-7,10,13,15-16,19-21H2,1-2H3,(H,38,39)/b8-4+/t24-,27+,28?,30-/m0/s1. The van der Waals surface area contributed by atoms with Crippen LogP contribution in [-0.2, 0) is 27.4 Å². The SMILES string of the molecule is CO[C@H]1/C=C/CCN(C)C(=O)CC(C(=O)O)c2ccc3c(c2)N(CCCCc2cc(Cl)ccc2CO3)C[C@@H]2CC[C@H]21. The first kappa shape index (κ1) is 29.5. The van der Waals surface area contributed by atoms with Gasteiger partial charge in [-0.1, -0.05) is 35.9 Å². The molecule has 4 atom stereocenters. The van der Waals surface area contributed by atoms with Crippen LogP contribution in [0.1, 0.15) is 61.1 Å². The molecule has 2 heterocycles. The summed E-state index contributed by atoms with van der Waals surface area (Å²) in [5.41, 5.74) is 3.84. The van der Waals surface area contributed by atoms with Crippen LogP contribution in [0.25, 0.3) is 0 Å². The maximum Gasteiger partial charge on any atom is 0.311 e. The molecule has 8 heteroatoms. The predicted molar refractivity (Wildman–Crippen MR) is 161 cm³/mol. The minimum Gasteiger partial charge on any atom is -0.487 e. The minimum atomic E-state index is -0.996. The van der Waals surface area contributed by atoms with Gasteiger partial charge in [-0.2, -0.15) is 0 Å². The number of fused-ring (bicyclic) bond motifs is 3. The molecule has 0 saturated heterocycles. The fraction of sp³-hybridized carbons (Fsp3) is 0.515. The van der Waals surface area contributed by atoms with Crippen molar-refractivity contribution in [1.82, 2.24) is 4.90 Å². The minimum absolute atomic E-state index is 0.0318. The van der Waals surface area contributed by atoms with Crippen molar-refractivity contribution in [3.8, 4) is 5.75 Å². The van der Waals surface area contributed by atoms with Crippen molar-refractivity contribution in [2.45, 2.75) is 63.6 Å². The number of carbonyl (C=O) groups excluding carboxylic acids is 1. The molecule has 0 aromatic heterocycles. The number of hydrogen-bond acceptors (Lipinski definition) is 5. The van der Waals surface area contributed by atoms with Crippen LogP contribution in [0.4, 0.5) is 5.69 Å². The number of halogens is 1. The van der Waals surface area contributed by atoms with Crippen molar-refractivity contribution in [3.63, 3.8) is 0 Å². The zero-order valence-electron chi connectivity index (χ0n) is 24.1. The third kappa shape index (κ3) is 6.90. The molecule has 2 aromatic rings. The highest BCUT2D eigenvalue weighted by Gasteiger charge is 2.38. The van der Waals surface area contributed by atoms with E-state index in [0.717, 1.165) is 67.2 Å². The number of hydrogen-bond donors (Lipinski definition) is 1. The summed E-state index contributed by atoms with van der Waals surface area (Å²) in [6.07, 6.45) is 10.0. The molecule has 2 bridgehead atoms. The molecule has 3 aliphatic rings. The van der Waals surface area contributed by atoms with Gasteiger partial charge in [0.05, 0.1) is 17.7 Å². The van der Waals surface area contributed by atoms with Crippen molar-refractivity contribution in [2.24, 2.45) is 11.8 Å². The lowest BCUT2D eigenvalue weighted by Gasteiger charge is -2.43. The number of benzene rings is 2. The average molecular weight is 581 g/mol. The van der Waals surface area contributed by atoms with E-state index in [2.05, 4.69) is 17.1 Å². The number of amides is 1. The molecule has 2 aliphatic heterocycles. The Morgan fingerprint density at radius 3 is 2.71 bits per heavy atom. The number of carbonyl (C=O) groups is 2. The second-order valence-electron chi connectivity index (χ2n) is 11.7. The van der Waals surface area contributed by atoms with Crippen molar-refractivity contribution in [1.29, 1.82) is 0 Å². The molecule has 41 heavy (non-hydrogen) atoms. The summed E-state index contributed by atoms with van der Waals surface area (Å²) in [4.78, 5) is 29.5. The molecular weight excluding hydrogens is 540 g/mol. The van der Waals surface area contributed by atoms with Gasteiger partial charge in [0.1, 0.15) is 12.4 Å². The van der Waals surface area contributed by atoms with Gasteiger partial charge in [0.15, 0.2) is 0 Å². The predicted octanol–water partition coefficient (Wildman–Crippen LogP) is 6.08. The summed E-state index contributed by atoms with van der Waals surface area (Å²) in [5, 5.41) is 10.9. The van der Waals surface area contributed by atoms with E-state index >= 15 is 0 Å². The Balaban J connectivity index is 1.55. The van der Waals surface area contributed by atoms with Crippen LogP contribution >= 0.6 is 11.6 Å². The highest BCUT2D eigenvalue weighted by atomic mass is 35.5. The number of aliphatic carboxylic acids is 1. The van der Waals surface area contributed by atoms with E-state index in [1.54, 1.807) is 19.1 Å². The first-order valence-corrected chi connectivity index (χ1v) is 15.2. The monoisotopic (exact) mass is 580 g/mol. The number of nitrogens with zero attached hydrogens (tertiary/aromatic N) is 2. The van der Waals surface area contributed by atoms with E-state index in [0.29, 0.717) is 37.0 Å². The third-order valence-electron chi connectivity index (χ3n) is 9.09. The maximum absolute atomic E-state index is 13.1. The molecule has 7 nitrogen and oxygen atoms in total. The molecule has 5 rings (SSSR count). The lowest BCUT2D eigenvalue weighted by atomic mass is 9.70. The molecule has 2 aromatic carbocycles. The summed E-state index contributed by atoms with van der Waals surface area (Å²) in [6.45, 7) is 2.60. The van der Waals surface area contributed by atoms with E-state index in [1.165, 1.54) is 5.56 Å². The second-order valence-corrected chi connectivity index (χ2v) is 12.1. The number of rotatable bonds is 2. The van der Waals surface area contributed by atoms with E-state index in [4.69, 9.17) is 21.1 Å². The smallest absolute Gasteiger partial charge is 0.311 e. The molecule has 1 fully saturated rings. The number of carboxylic acid groups (broad SMARTS) is 1. The van der Waals surface area contributed by atoms with Crippen molar-refractivity contribution in [2.75, 3.05) is 38.7 Å². The largest absolute Gasteiger partial charge is 0.487 e. The van der Waals surface area contributed by atoms with E-state index in [9.17, 15) is 14.7 Å². The van der Waals surface area contributed by atoms with Gasteiger partial charge >= 0.3 is 5.97 Å². The molecule has 220 valence electrons. The average Bonchev–Trinajstić information content (AvgIpc) is 2.97. The molecule has 1 N–H and O–H groups in total. The summed E-state index contributed by atoms with van der Waals surface area (Å²) in [7, 11) is 3.52. The molecule has 1 amide bonds. The Hall–Kier alpha value is -3.03. The van der Waals surface area contributed by atoms with Gasteiger partial charge in [-0.05, 0) is 91.3 Å². The van der Waals surface area contributed by atoms with Gasteiger partial charge in [-0.25, -0.2) is 0 Å². The fourth-order valence-corrected chi connectivity index (χ4v) is 6.60. The Labute approximate surface area is 248 Å². The van der Waals surface area contributed by atoms with E-state index in [-0.39, 0.29) is 18.4 Å². The summed E-state index contributed by atoms with van der Waals surface area (Å²) in [5.74, 6) is -0.521. The van der Waals surface area contributed by atoms with Crippen LogP contribution < -0.4 is 9.64 Å². The van der Waals surface area contributed by atoms with Gasteiger partial charge in [0.2, 0.25) is 5.91 Å². The molecule has 1 saturated carbocycles. The molecule has 1 unspecified atom stereocenters. The number of methoxy groups -OCH3 is 1. The van der Waals surface area contributed by atoms with Crippen molar-refractivity contribution in [3.05, 3.63) is 70.3 Å². The van der Waals surface area contributed by atoms with Crippen molar-refractivity contribution < 1.29 is 24.2 Å². The Bertz CT molecular complexity index is 1280. The first-order chi connectivity index (χ1) is 19.8. The van der Waals surface area contributed by atoms with E-state index in [1.807, 2.05) is 36.4 Å². The highest BCUT2D eigenvalue weighted by Crippen LogP contribution is 2.42. The van der Waals surface area contributed by atoms with Gasteiger partial charge in [-0.15, -0.1) is 0 Å². The molecule has 0 spiro atoms. The quantitative estimate of drug-likeness (QED) is 0.434. The molecular formula is C33H41ClN2O5. The summed E-state index contributed by atoms with van der Waals surface area (Å²) in [6, 6.07) is 11.6. The van der Waals surface area contributed by atoms with Crippen LogP contribution in [-0.4, -0.2) is 61.8 Å². The number of ether oxygens (including phenoxy) is 2. The normalized spacial score (nSPS) is 26.5. The third-order valence-corrected chi connectivity index (χ3v) is 9.32. The van der Waals surface area contributed by atoms with Crippen LogP contribution in [0.3, 0.4) is 0 Å². The molecule has 0 radical (unpaired) electrons. The number of aryl methyl sites for hydroxylation is 1. The van der Waals surface area contributed by atoms with Gasteiger partial charge < -0.3 is 24.4 Å². The maximum atomic E-state index is 13.1. The second kappa shape index (κ2) is 13.3. The van der Waals surface area contributed by atoms with Gasteiger partial charge in [0.25, 0.3) is 0 Å². The fourth-order valence-electron chi connectivity index (χ4n) is 6.41. The first-order valence-electron chi connectivity index (χ1n) is 14.8. The van der Waals surface area contributed by atoms with Crippen LogP contribution in [0, 0.1) is 11.8 Å². The summed E-state index contributed by atoms with van der Waals surface area (Å²) < 4.78 is 12.4. The van der Waals surface area contributed by atoms with E-state index < -0.39 is 11.9 Å². The van der Waals surface area contributed by atoms with Crippen LogP contribution in [0.5, 0.6) is 5.75 Å².